The largest absolute Gasteiger partial charge is 0.252 e. The summed E-state index contributed by atoms with van der Waals surface area (Å²) in [6.07, 6.45) is 1.89. The highest BCUT2D eigenvalue weighted by atomic mass is 15.0. The molecule has 0 spiro atoms. The second-order valence-corrected chi connectivity index (χ2v) is 12.3. The first-order valence-electron chi connectivity index (χ1n) is 16.7. The number of hydrogen-bond donors (Lipinski definition) is 0. The average molecular weight is 639 g/mol. The molecule has 9 rings (SSSR count). The molecule has 0 N–H and O–H groups in total. The second kappa shape index (κ2) is 12.7. The summed E-state index contributed by atoms with van der Waals surface area (Å²) in [6, 6.07) is 61.0. The van der Waals surface area contributed by atoms with E-state index >= 15 is 0 Å². The lowest BCUT2D eigenvalue weighted by molar-refractivity contribution is 1.06. The molecule has 0 amide bonds. The van der Waals surface area contributed by atoms with Crippen molar-refractivity contribution in [2.75, 3.05) is 0 Å². The summed E-state index contributed by atoms with van der Waals surface area (Å²) in [6.45, 7) is 0. The molecule has 0 aliphatic rings. The van der Waals surface area contributed by atoms with Crippen LogP contribution in [0.3, 0.4) is 0 Å². The Morgan fingerprint density at radius 1 is 0.300 bits per heavy atom. The maximum atomic E-state index is 5.24. The Kier molecular flexibility index (Phi) is 7.45. The zero-order chi connectivity index (χ0) is 33.3. The van der Waals surface area contributed by atoms with E-state index in [1.54, 1.807) is 0 Å². The van der Waals surface area contributed by atoms with Gasteiger partial charge >= 0.3 is 0 Å². The van der Waals surface area contributed by atoms with E-state index in [0.717, 1.165) is 60.7 Å². The van der Waals surface area contributed by atoms with Crippen LogP contribution in [0.1, 0.15) is 0 Å². The number of aromatic nitrogens is 4. The third-order valence-electron chi connectivity index (χ3n) is 9.15. The summed E-state index contributed by atoms with van der Waals surface area (Å²) >= 11 is 0. The lowest BCUT2D eigenvalue weighted by atomic mass is 9.95. The van der Waals surface area contributed by atoms with Crippen molar-refractivity contribution < 1.29 is 0 Å². The van der Waals surface area contributed by atoms with E-state index in [0.29, 0.717) is 23.2 Å². The number of nitrogens with zero attached hydrogens (tertiary/aromatic N) is 4. The fourth-order valence-corrected chi connectivity index (χ4v) is 6.66. The van der Waals surface area contributed by atoms with E-state index in [4.69, 9.17) is 19.9 Å². The first-order chi connectivity index (χ1) is 24.8. The maximum absolute atomic E-state index is 5.24. The van der Waals surface area contributed by atoms with Gasteiger partial charge in [0.05, 0.1) is 0 Å². The normalized spacial score (nSPS) is 11.2. The van der Waals surface area contributed by atoms with Crippen molar-refractivity contribution in [2.45, 2.75) is 0 Å². The van der Waals surface area contributed by atoms with Crippen molar-refractivity contribution in [3.63, 3.8) is 0 Å². The van der Waals surface area contributed by atoms with Gasteiger partial charge in [-0.25, -0.2) is 15.0 Å². The molecule has 0 bridgehead atoms. The zero-order valence-electron chi connectivity index (χ0n) is 27.1. The van der Waals surface area contributed by atoms with Crippen LogP contribution in [-0.2, 0) is 0 Å². The highest BCUT2D eigenvalue weighted by Gasteiger charge is 2.18. The SMILES string of the molecule is c1ccc(-c2ccc(-c3nc(-c4cc(-c5ccccc5)cc(-c5ccccc5)c4)nc(-c4cc5ccccc5c5ccccc45)n3)nc2)cc1. The van der Waals surface area contributed by atoms with Gasteiger partial charge in [-0.05, 0) is 79.7 Å². The fraction of sp³-hybridized carbons (Fsp3) is 0. The molecule has 0 radical (unpaired) electrons. The van der Waals surface area contributed by atoms with Crippen molar-refractivity contribution in [1.82, 2.24) is 19.9 Å². The number of hydrogen-bond acceptors (Lipinski definition) is 4. The standard InChI is InChI=1S/C46H30N4/c1-4-14-31(15-5-1)35-24-25-43(47-30-35)46-49-44(38-27-36(32-16-6-2-7-17-32)26-37(28-38)33-18-8-3-9-19-33)48-45(50-46)42-29-34-20-10-11-21-39(34)40-22-12-13-23-41(40)42/h1-30H. The number of pyridine rings is 1. The van der Waals surface area contributed by atoms with Crippen LogP contribution in [-0.4, -0.2) is 19.9 Å². The van der Waals surface area contributed by atoms with E-state index in [2.05, 4.69) is 140 Å². The summed E-state index contributed by atoms with van der Waals surface area (Å²) in [5.74, 6) is 1.71. The molecule has 50 heavy (non-hydrogen) atoms. The van der Waals surface area contributed by atoms with E-state index in [-0.39, 0.29) is 0 Å². The molecule has 0 saturated carbocycles. The van der Waals surface area contributed by atoms with Crippen molar-refractivity contribution in [3.8, 4) is 67.7 Å². The smallest absolute Gasteiger partial charge is 0.182 e. The summed E-state index contributed by atoms with van der Waals surface area (Å²) in [5, 5.41) is 4.58. The Morgan fingerprint density at radius 2 is 0.800 bits per heavy atom. The highest BCUT2D eigenvalue weighted by molar-refractivity contribution is 6.13. The molecule has 7 aromatic carbocycles. The van der Waals surface area contributed by atoms with Gasteiger partial charge in [0.1, 0.15) is 5.69 Å². The van der Waals surface area contributed by atoms with Gasteiger partial charge in [0.25, 0.3) is 0 Å². The molecule has 234 valence electrons. The van der Waals surface area contributed by atoms with E-state index < -0.39 is 0 Å². The molecule has 2 heterocycles. The maximum Gasteiger partial charge on any atom is 0.182 e. The molecule has 0 atom stereocenters. The van der Waals surface area contributed by atoms with Gasteiger partial charge in [-0.3, -0.25) is 4.98 Å². The molecule has 2 aromatic heterocycles. The minimum Gasteiger partial charge on any atom is -0.252 e. The monoisotopic (exact) mass is 638 g/mol. The van der Waals surface area contributed by atoms with Gasteiger partial charge in [-0.15, -0.1) is 0 Å². The van der Waals surface area contributed by atoms with Crippen LogP contribution in [0, 0.1) is 0 Å². The van der Waals surface area contributed by atoms with E-state index in [9.17, 15) is 0 Å². The van der Waals surface area contributed by atoms with Gasteiger partial charge in [-0.2, -0.15) is 0 Å². The summed E-state index contributed by atoms with van der Waals surface area (Å²) < 4.78 is 0. The topological polar surface area (TPSA) is 51.6 Å². The molecule has 0 saturated heterocycles. The third-order valence-corrected chi connectivity index (χ3v) is 9.15. The molecular weight excluding hydrogens is 609 g/mol. The second-order valence-electron chi connectivity index (χ2n) is 12.3. The van der Waals surface area contributed by atoms with Crippen LogP contribution in [0.2, 0.25) is 0 Å². The quantitative estimate of drug-likeness (QED) is 0.170. The predicted molar refractivity (Wildman–Crippen MR) is 205 cm³/mol. The minimum absolute atomic E-state index is 0.522. The Morgan fingerprint density at radius 3 is 1.42 bits per heavy atom. The lowest BCUT2D eigenvalue weighted by Gasteiger charge is -2.14. The Labute approximate surface area is 290 Å². The Bertz CT molecular complexity index is 2560. The molecule has 4 nitrogen and oxygen atoms in total. The molecule has 0 unspecified atom stereocenters. The van der Waals surface area contributed by atoms with Crippen molar-refractivity contribution >= 4 is 21.5 Å². The van der Waals surface area contributed by atoms with Crippen molar-refractivity contribution in [3.05, 3.63) is 182 Å². The highest BCUT2D eigenvalue weighted by Crippen LogP contribution is 2.37. The summed E-state index contributed by atoms with van der Waals surface area (Å²) in [7, 11) is 0. The van der Waals surface area contributed by atoms with Crippen molar-refractivity contribution in [2.24, 2.45) is 0 Å². The van der Waals surface area contributed by atoms with Crippen LogP contribution < -0.4 is 0 Å². The number of fused-ring (bicyclic) bond motifs is 3. The summed E-state index contributed by atoms with van der Waals surface area (Å²) in [5.41, 5.74) is 9.11. The molecular formula is C46H30N4. The molecule has 0 aliphatic carbocycles. The Balaban J connectivity index is 1.28. The fourth-order valence-electron chi connectivity index (χ4n) is 6.66. The minimum atomic E-state index is 0.522. The average Bonchev–Trinajstić information content (AvgIpc) is 3.21. The zero-order valence-corrected chi connectivity index (χ0v) is 27.1. The van der Waals surface area contributed by atoms with Gasteiger partial charge < -0.3 is 0 Å². The Hall–Kier alpha value is -6.78. The van der Waals surface area contributed by atoms with Crippen LogP contribution in [0.5, 0.6) is 0 Å². The van der Waals surface area contributed by atoms with Gasteiger partial charge in [0.15, 0.2) is 17.5 Å². The summed E-state index contributed by atoms with van der Waals surface area (Å²) in [4.78, 5) is 20.4. The number of benzene rings is 7. The van der Waals surface area contributed by atoms with Crippen LogP contribution in [0.15, 0.2) is 182 Å². The van der Waals surface area contributed by atoms with E-state index in [1.165, 1.54) is 5.39 Å². The first kappa shape index (κ1) is 29.4. The lowest BCUT2D eigenvalue weighted by Crippen LogP contribution is -2.02. The predicted octanol–water partition coefficient (Wildman–Crippen LogP) is 11.6. The molecule has 0 aliphatic heterocycles. The van der Waals surface area contributed by atoms with E-state index in [1.807, 2.05) is 42.6 Å². The van der Waals surface area contributed by atoms with Gasteiger partial charge in [0, 0.05) is 22.9 Å². The van der Waals surface area contributed by atoms with Gasteiger partial charge in [-0.1, -0.05) is 146 Å². The molecule has 4 heteroatoms. The van der Waals surface area contributed by atoms with Crippen LogP contribution >= 0.6 is 0 Å². The third kappa shape index (κ3) is 5.59. The van der Waals surface area contributed by atoms with Gasteiger partial charge in [0.2, 0.25) is 0 Å². The number of rotatable bonds is 6. The first-order valence-corrected chi connectivity index (χ1v) is 16.7. The van der Waals surface area contributed by atoms with Crippen LogP contribution in [0.25, 0.3) is 89.2 Å². The van der Waals surface area contributed by atoms with Crippen molar-refractivity contribution in [1.29, 1.82) is 0 Å². The van der Waals surface area contributed by atoms with Crippen LogP contribution in [0.4, 0.5) is 0 Å². The molecule has 0 fully saturated rings. The molecule has 9 aromatic rings.